The largest absolute Gasteiger partial charge is 0.480 e. The lowest BCUT2D eigenvalue weighted by molar-refractivity contribution is -0.386. The Kier molecular flexibility index (Phi) is 5.25. The summed E-state index contributed by atoms with van der Waals surface area (Å²) in [5.41, 5.74) is 7.05. The maximum atomic E-state index is 10.9. The van der Waals surface area contributed by atoms with Crippen molar-refractivity contribution in [2.45, 2.75) is 25.6 Å². The highest BCUT2D eigenvalue weighted by atomic mass is 32.2. The Labute approximate surface area is 114 Å². The van der Waals surface area contributed by atoms with Crippen LogP contribution in [0.4, 0.5) is 5.69 Å². The van der Waals surface area contributed by atoms with Crippen LogP contribution >= 0.6 is 11.8 Å². The van der Waals surface area contributed by atoms with Gasteiger partial charge >= 0.3 is 5.97 Å². The average molecular weight is 285 g/mol. The van der Waals surface area contributed by atoms with E-state index in [-0.39, 0.29) is 11.4 Å². The van der Waals surface area contributed by atoms with Crippen LogP contribution < -0.4 is 5.73 Å². The molecule has 0 aromatic carbocycles. The summed E-state index contributed by atoms with van der Waals surface area (Å²) in [5.74, 6) is -0.432. The van der Waals surface area contributed by atoms with E-state index >= 15 is 0 Å². The summed E-state index contributed by atoms with van der Waals surface area (Å²) >= 11 is 1.29. The van der Waals surface area contributed by atoms with Gasteiger partial charge in [0.1, 0.15) is 6.04 Å². The van der Waals surface area contributed by atoms with Crippen LogP contribution in [0.2, 0.25) is 0 Å². The maximum Gasteiger partial charge on any atom is 0.321 e. The Morgan fingerprint density at radius 2 is 2.26 bits per heavy atom. The second kappa shape index (κ2) is 6.48. The first-order valence-electron chi connectivity index (χ1n) is 5.50. The lowest BCUT2D eigenvalue weighted by atomic mass is 10.1. The number of nitro groups is 1. The van der Waals surface area contributed by atoms with Gasteiger partial charge in [-0.1, -0.05) is 0 Å². The standard InChI is InChI=1S/C11H15N3O4S/c1-6-3-13-9(7(2)10(6)14(17)18)5-19-4-8(12)11(15)16/h3,8H,4-5,12H2,1-2H3,(H,15,16)/t8-/m0/s1. The number of aliphatic carboxylic acids is 1. The number of nitrogens with two attached hydrogens (primary N) is 1. The molecule has 0 unspecified atom stereocenters. The summed E-state index contributed by atoms with van der Waals surface area (Å²) < 4.78 is 0. The zero-order chi connectivity index (χ0) is 14.6. The Bertz CT molecular complexity index is 507. The van der Waals surface area contributed by atoms with Gasteiger partial charge < -0.3 is 10.8 Å². The van der Waals surface area contributed by atoms with Crippen LogP contribution in [-0.4, -0.2) is 32.8 Å². The SMILES string of the molecule is Cc1cnc(CSC[C@H](N)C(=O)O)c(C)c1[N+](=O)[O-]. The minimum Gasteiger partial charge on any atom is -0.480 e. The number of pyridine rings is 1. The molecule has 8 heteroatoms. The monoisotopic (exact) mass is 285 g/mol. The van der Waals surface area contributed by atoms with Gasteiger partial charge in [-0.2, -0.15) is 11.8 Å². The van der Waals surface area contributed by atoms with E-state index in [0.717, 1.165) is 0 Å². The normalized spacial score (nSPS) is 12.2. The molecule has 3 N–H and O–H groups in total. The van der Waals surface area contributed by atoms with Crippen molar-refractivity contribution < 1.29 is 14.8 Å². The van der Waals surface area contributed by atoms with E-state index in [2.05, 4.69) is 4.98 Å². The Hall–Kier alpha value is -1.67. The number of hydrogen-bond acceptors (Lipinski definition) is 6. The minimum atomic E-state index is -1.06. The number of carboxylic acid groups (broad SMARTS) is 1. The van der Waals surface area contributed by atoms with E-state index in [0.29, 0.717) is 22.6 Å². The van der Waals surface area contributed by atoms with Crippen molar-refractivity contribution in [3.63, 3.8) is 0 Å². The lowest BCUT2D eigenvalue weighted by Crippen LogP contribution is -2.32. The van der Waals surface area contributed by atoms with Crippen LogP contribution in [0.1, 0.15) is 16.8 Å². The van der Waals surface area contributed by atoms with Crippen molar-refractivity contribution in [2.24, 2.45) is 5.73 Å². The smallest absolute Gasteiger partial charge is 0.321 e. The number of carbonyl (C=O) groups is 1. The minimum absolute atomic E-state index is 0.0631. The van der Waals surface area contributed by atoms with E-state index in [1.165, 1.54) is 18.0 Å². The molecule has 1 rings (SSSR count). The Morgan fingerprint density at radius 3 is 2.79 bits per heavy atom. The lowest BCUT2D eigenvalue weighted by Gasteiger charge is -2.08. The summed E-state index contributed by atoms with van der Waals surface area (Å²) in [4.78, 5) is 25.2. The van der Waals surface area contributed by atoms with Gasteiger partial charge in [0.05, 0.1) is 10.6 Å². The molecule has 0 fully saturated rings. The van der Waals surface area contributed by atoms with Gasteiger partial charge in [-0.3, -0.25) is 19.9 Å². The third-order valence-electron chi connectivity index (χ3n) is 2.61. The fourth-order valence-corrected chi connectivity index (χ4v) is 2.54. The maximum absolute atomic E-state index is 10.9. The molecular formula is C11H15N3O4S. The van der Waals surface area contributed by atoms with E-state index in [4.69, 9.17) is 10.8 Å². The first-order chi connectivity index (χ1) is 8.84. The summed E-state index contributed by atoms with van der Waals surface area (Å²) in [6.45, 7) is 3.28. The Balaban J connectivity index is 2.78. The first kappa shape index (κ1) is 15.4. The van der Waals surface area contributed by atoms with Crippen LogP contribution in [0.15, 0.2) is 6.20 Å². The van der Waals surface area contributed by atoms with Crippen molar-refractivity contribution in [1.29, 1.82) is 0 Å². The number of aromatic nitrogens is 1. The molecule has 0 saturated heterocycles. The zero-order valence-corrected chi connectivity index (χ0v) is 11.4. The molecule has 1 aromatic rings. The molecule has 0 radical (unpaired) electrons. The van der Waals surface area contributed by atoms with Gasteiger partial charge in [-0.15, -0.1) is 0 Å². The van der Waals surface area contributed by atoms with Crippen molar-refractivity contribution in [3.05, 3.63) is 33.1 Å². The van der Waals surface area contributed by atoms with Gasteiger partial charge in [0.25, 0.3) is 5.69 Å². The highest BCUT2D eigenvalue weighted by molar-refractivity contribution is 7.98. The van der Waals surface area contributed by atoms with Crippen LogP contribution in [0, 0.1) is 24.0 Å². The van der Waals surface area contributed by atoms with Crippen LogP contribution in [-0.2, 0) is 10.5 Å². The third kappa shape index (κ3) is 3.90. The molecule has 104 valence electrons. The molecule has 1 heterocycles. The third-order valence-corrected chi connectivity index (χ3v) is 3.68. The number of aryl methyl sites for hydroxylation is 1. The number of rotatable bonds is 6. The van der Waals surface area contributed by atoms with Crippen molar-refractivity contribution in [3.8, 4) is 0 Å². The second-order valence-corrected chi connectivity index (χ2v) is 5.11. The molecule has 0 aliphatic heterocycles. The van der Waals surface area contributed by atoms with Gasteiger partial charge in [-0.05, 0) is 13.8 Å². The summed E-state index contributed by atoms with van der Waals surface area (Å²) in [6, 6.07) is -0.939. The molecule has 1 atom stereocenters. The highest BCUT2D eigenvalue weighted by Crippen LogP contribution is 2.26. The van der Waals surface area contributed by atoms with E-state index in [9.17, 15) is 14.9 Å². The molecule has 0 spiro atoms. The Morgan fingerprint density at radius 1 is 1.63 bits per heavy atom. The average Bonchev–Trinajstić information content (AvgIpc) is 2.31. The predicted octanol–water partition coefficient (Wildman–Crippen LogP) is 1.25. The van der Waals surface area contributed by atoms with Gasteiger partial charge in [0.15, 0.2) is 0 Å². The van der Waals surface area contributed by atoms with Crippen LogP contribution in [0.25, 0.3) is 0 Å². The highest BCUT2D eigenvalue weighted by Gasteiger charge is 2.19. The van der Waals surface area contributed by atoms with E-state index < -0.39 is 16.9 Å². The molecule has 0 amide bonds. The summed E-state index contributed by atoms with van der Waals surface area (Å²) in [5, 5.41) is 19.6. The topological polar surface area (TPSA) is 119 Å². The number of hydrogen-bond donors (Lipinski definition) is 2. The van der Waals surface area contributed by atoms with Crippen LogP contribution in [0.3, 0.4) is 0 Å². The number of nitrogens with zero attached hydrogens (tertiary/aromatic N) is 2. The van der Waals surface area contributed by atoms with Crippen molar-refractivity contribution in [1.82, 2.24) is 4.98 Å². The molecule has 7 nitrogen and oxygen atoms in total. The van der Waals surface area contributed by atoms with Crippen molar-refractivity contribution in [2.75, 3.05) is 5.75 Å². The van der Waals surface area contributed by atoms with E-state index in [1.54, 1.807) is 13.8 Å². The molecule has 0 saturated carbocycles. The fraction of sp³-hybridized carbons (Fsp3) is 0.455. The van der Waals surface area contributed by atoms with Gasteiger partial charge in [0, 0.05) is 28.8 Å². The summed E-state index contributed by atoms with van der Waals surface area (Å²) in [6.07, 6.45) is 1.46. The van der Waals surface area contributed by atoms with Crippen LogP contribution in [0.5, 0.6) is 0 Å². The van der Waals surface area contributed by atoms with E-state index in [1.807, 2.05) is 0 Å². The molecule has 0 bridgehead atoms. The molecule has 0 aliphatic carbocycles. The fourth-order valence-electron chi connectivity index (χ4n) is 1.55. The predicted molar refractivity (Wildman–Crippen MR) is 72.1 cm³/mol. The summed E-state index contributed by atoms with van der Waals surface area (Å²) in [7, 11) is 0. The number of thioether (sulfide) groups is 1. The van der Waals surface area contributed by atoms with Gasteiger partial charge in [-0.25, -0.2) is 0 Å². The van der Waals surface area contributed by atoms with Crippen molar-refractivity contribution >= 4 is 23.4 Å². The molecule has 19 heavy (non-hydrogen) atoms. The number of carboxylic acids is 1. The second-order valence-electron chi connectivity index (χ2n) is 4.08. The zero-order valence-electron chi connectivity index (χ0n) is 10.6. The van der Waals surface area contributed by atoms with Gasteiger partial charge in [0.2, 0.25) is 0 Å². The molecule has 0 aliphatic rings. The molecule has 1 aromatic heterocycles. The molecular weight excluding hydrogens is 270 g/mol. The first-order valence-corrected chi connectivity index (χ1v) is 6.65. The quantitative estimate of drug-likeness (QED) is 0.596.